The molecule has 7 heteroatoms. The van der Waals surface area contributed by atoms with Crippen LogP contribution in [-0.2, 0) is 12.7 Å². The lowest BCUT2D eigenvalue weighted by molar-refractivity contribution is -0.137. The second-order valence-corrected chi connectivity index (χ2v) is 5.47. The van der Waals surface area contributed by atoms with Gasteiger partial charge in [0.25, 0.3) is 0 Å². The minimum absolute atomic E-state index is 0.413. The Balaban J connectivity index is 1.92. The molecule has 0 saturated heterocycles. The predicted octanol–water partition coefficient (Wildman–Crippen LogP) is 3.77. The normalized spacial score (nSPS) is 12.8. The first kappa shape index (κ1) is 17.0. The number of benzene rings is 1. The van der Waals surface area contributed by atoms with Crippen LogP contribution in [0, 0.1) is 0 Å². The Kier molecular flexibility index (Phi) is 5.04. The number of alkyl halides is 3. The number of hydrogen-bond donors (Lipinski definition) is 1. The quantitative estimate of drug-likeness (QED) is 0.765. The molecule has 0 fully saturated rings. The van der Waals surface area contributed by atoms with Gasteiger partial charge in [-0.25, -0.2) is 9.97 Å². The molecule has 0 spiro atoms. The number of nitrogens with zero attached hydrogens (tertiary/aromatic N) is 3. The monoisotopic (exact) mass is 344 g/mol. The van der Waals surface area contributed by atoms with Gasteiger partial charge in [-0.1, -0.05) is 18.2 Å². The summed E-state index contributed by atoms with van der Waals surface area (Å²) in [6, 6.07) is 8.45. The number of pyridine rings is 1. The van der Waals surface area contributed by atoms with Crippen molar-refractivity contribution in [3.05, 3.63) is 89.8 Å². The van der Waals surface area contributed by atoms with E-state index in [9.17, 15) is 13.2 Å². The van der Waals surface area contributed by atoms with Crippen molar-refractivity contribution >= 4 is 0 Å². The van der Waals surface area contributed by atoms with Crippen LogP contribution >= 0.6 is 0 Å². The molecule has 0 aliphatic rings. The van der Waals surface area contributed by atoms with E-state index in [4.69, 9.17) is 0 Å². The van der Waals surface area contributed by atoms with E-state index in [1.54, 1.807) is 36.9 Å². The standard InChI is InChI=1S/C18H15F3N4/c19-18(20,21)16-5-1-3-14(7-16)17(15-4-2-6-22-11-15)25-10-13-8-23-12-24-9-13/h1-9,11-12,17,25H,10H2/t17-/m1/s1. The zero-order chi connectivity index (χ0) is 17.7. The van der Waals surface area contributed by atoms with Crippen LogP contribution in [0.25, 0.3) is 0 Å². The molecule has 0 bridgehead atoms. The fourth-order valence-corrected chi connectivity index (χ4v) is 2.51. The Morgan fingerprint density at radius 3 is 2.36 bits per heavy atom. The van der Waals surface area contributed by atoms with Crippen LogP contribution in [0.4, 0.5) is 13.2 Å². The van der Waals surface area contributed by atoms with Gasteiger partial charge in [-0.05, 0) is 29.3 Å². The molecule has 2 heterocycles. The summed E-state index contributed by atoms with van der Waals surface area (Å²) >= 11 is 0. The zero-order valence-corrected chi connectivity index (χ0v) is 13.1. The second-order valence-electron chi connectivity index (χ2n) is 5.47. The summed E-state index contributed by atoms with van der Waals surface area (Å²) in [4.78, 5) is 12.0. The average Bonchev–Trinajstić information content (AvgIpc) is 2.63. The smallest absolute Gasteiger partial charge is 0.302 e. The molecule has 0 unspecified atom stereocenters. The third-order valence-corrected chi connectivity index (χ3v) is 3.69. The van der Waals surface area contributed by atoms with Crippen LogP contribution in [0.2, 0.25) is 0 Å². The summed E-state index contributed by atoms with van der Waals surface area (Å²) in [6.07, 6.45) is 3.62. The molecule has 0 amide bonds. The molecule has 0 radical (unpaired) electrons. The lowest BCUT2D eigenvalue weighted by Crippen LogP contribution is -2.23. The summed E-state index contributed by atoms with van der Waals surface area (Å²) in [7, 11) is 0. The molecule has 3 rings (SSSR count). The van der Waals surface area contributed by atoms with Gasteiger partial charge in [-0.3, -0.25) is 4.98 Å². The van der Waals surface area contributed by atoms with Gasteiger partial charge in [0.2, 0.25) is 0 Å². The Morgan fingerprint density at radius 2 is 1.68 bits per heavy atom. The largest absolute Gasteiger partial charge is 0.416 e. The first-order valence-corrected chi connectivity index (χ1v) is 7.58. The van der Waals surface area contributed by atoms with E-state index < -0.39 is 17.8 Å². The minimum atomic E-state index is -4.39. The van der Waals surface area contributed by atoms with Gasteiger partial charge in [0.05, 0.1) is 11.6 Å². The van der Waals surface area contributed by atoms with E-state index in [2.05, 4.69) is 20.3 Å². The molecule has 25 heavy (non-hydrogen) atoms. The predicted molar refractivity (Wildman–Crippen MR) is 86.4 cm³/mol. The Labute approximate surface area is 142 Å². The Hall–Kier alpha value is -2.80. The maximum atomic E-state index is 13.0. The number of nitrogens with one attached hydrogen (secondary N) is 1. The first-order valence-electron chi connectivity index (χ1n) is 7.58. The highest BCUT2D eigenvalue weighted by Crippen LogP contribution is 2.32. The Morgan fingerprint density at radius 1 is 0.920 bits per heavy atom. The van der Waals surface area contributed by atoms with Crippen molar-refractivity contribution in [2.45, 2.75) is 18.8 Å². The number of hydrogen-bond acceptors (Lipinski definition) is 4. The fraction of sp³-hybridized carbons (Fsp3) is 0.167. The number of halogens is 3. The van der Waals surface area contributed by atoms with E-state index in [1.165, 1.54) is 12.4 Å². The van der Waals surface area contributed by atoms with Crippen LogP contribution in [-0.4, -0.2) is 15.0 Å². The highest BCUT2D eigenvalue weighted by atomic mass is 19.4. The summed E-state index contributed by atoms with van der Waals surface area (Å²) in [5.41, 5.74) is 1.45. The lowest BCUT2D eigenvalue weighted by Gasteiger charge is -2.20. The van der Waals surface area contributed by atoms with Gasteiger partial charge < -0.3 is 5.32 Å². The zero-order valence-electron chi connectivity index (χ0n) is 13.1. The topological polar surface area (TPSA) is 50.7 Å². The number of aromatic nitrogens is 3. The number of rotatable bonds is 5. The molecule has 2 aromatic heterocycles. The molecule has 0 saturated carbocycles. The average molecular weight is 344 g/mol. The highest BCUT2D eigenvalue weighted by Gasteiger charge is 2.31. The summed E-state index contributed by atoms with van der Waals surface area (Å²) < 4.78 is 39.1. The second kappa shape index (κ2) is 7.40. The van der Waals surface area contributed by atoms with E-state index in [1.807, 2.05) is 6.07 Å². The van der Waals surface area contributed by atoms with E-state index in [0.29, 0.717) is 12.1 Å². The SMILES string of the molecule is FC(F)(F)c1cccc([C@@H](NCc2cncnc2)c2cccnc2)c1. The van der Waals surface area contributed by atoms with E-state index in [0.717, 1.165) is 23.3 Å². The van der Waals surface area contributed by atoms with Crippen molar-refractivity contribution in [2.24, 2.45) is 0 Å². The van der Waals surface area contributed by atoms with Crippen LogP contribution in [0.15, 0.2) is 67.5 Å². The molecular weight excluding hydrogens is 329 g/mol. The van der Waals surface area contributed by atoms with Crippen molar-refractivity contribution < 1.29 is 13.2 Å². The maximum absolute atomic E-state index is 13.0. The van der Waals surface area contributed by atoms with Gasteiger partial charge in [0, 0.05) is 36.9 Å². The third-order valence-electron chi connectivity index (χ3n) is 3.69. The van der Waals surface area contributed by atoms with Crippen molar-refractivity contribution in [2.75, 3.05) is 0 Å². The molecule has 1 N–H and O–H groups in total. The van der Waals surface area contributed by atoms with Crippen molar-refractivity contribution in [1.82, 2.24) is 20.3 Å². The maximum Gasteiger partial charge on any atom is 0.416 e. The van der Waals surface area contributed by atoms with Crippen molar-refractivity contribution in [1.29, 1.82) is 0 Å². The minimum Gasteiger partial charge on any atom is -0.302 e. The van der Waals surface area contributed by atoms with Crippen molar-refractivity contribution in [3.8, 4) is 0 Å². The lowest BCUT2D eigenvalue weighted by atomic mass is 9.98. The summed E-state index contributed by atoms with van der Waals surface area (Å²) in [5, 5.41) is 3.26. The molecule has 4 nitrogen and oxygen atoms in total. The summed E-state index contributed by atoms with van der Waals surface area (Å²) in [6.45, 7) is 0.413. The van der Waals surface area contributed by atoms with Crippen LogP contribution in [0.3, 0.4) is 0 Å². The molecule has 128 valence electrons. The van der Waals surface area contributed by atoms with Crippen LogP contribution in [0.1, 0.15) is 28.3 Å². The summed E-state index contributed by atoms with van der Waals surface area (Å²) in [5.74, 6) is 0. The van der Waals surface area contributed by atoms with Gasteiger partial charge >= 0.3 is 6.18 Å². The van der Waals surface area contributed by atoms with Gasteiger partial charge in [-0.2, -0.15) is 13.2 Å². The van der Waals surface area contributed by atoms with Gasteiger partial charge in [0.1, 0.15) is 6.33 Å². The highest BCUT2D eigenvalue weighted by molar-refractivity contribution is 5.34. The molecule has 0 aliphatic carbocycles. The Bertz CT molecular complexity index is 807. The van der Waals surface area contributed by atoms with Crippen LogP contribution in [0.5, 0.6) is 0 Å². The van der Waals surface area contributed by atoms with Crippen molar-refractivity contribution in [3.63, 3.8) is 0 Å². The molecule has 0 aliphatic heterocycles. The molecule has 1 aromatic carbocycles. The van der Waals surface area contributed by atoms with Gasteiger partial charge in [0.15, 0.2) is 0 Å². The molecule has 3 aromatic rings. The van der Waals surface area contributed by atoms with E-state index >= 15 is 0 Å². The first-order chi connectivity index (χ1) is 12.0. The third kappa shape index (κ3) is 4.39. The van der Waals surface area contributed by atoms with E-state index in [-0.39, 0.29) is 0 Å². The van der Waals surface area contributed by atoms with Gasteiger partial charge in [-0.15, -0.1) is 0 Å². The molecule has 1 atom stereocenters. The van der Waals surface area contributed by atoms with Crippen LogP contribution < -0.4 is 5.32 Å². The molecular formula is C18H15F3N4. The fourth-order valence-electron chi connectivity index (χ4n) is 2.51.